The molecule has 1 atom stereocenters. The van der Waals surface area contributed by atoms with Crippen molar-refractivity contribution in [2.75, 3.05) is 5.32 Å². The number of nitrogens with zero attached hydrogens (tertiary/aromatic N) is 1. The Labute approximate surface area is 140 Å². The number of aromatic nitrogens is 1. The van der Waals surface area contributed by atoms with Gasteiger partial charge in [0.1, 0.15) is 0 Å². The minimum absolute atomic E-state index is 0.109. The Morgan fingerprint density at radius 1 is 1.39 bits per heavy atom. The highest BCUT2D eigenvalue weighted by Gasteiger charge is 2.43. The fraction of sp³-hybridized carbons (Fsp3) is 0.444. The third kappa shape index (κ3) is 3.39. The van der Waals surface area contributed by atoms with Crippen molar-refractivity contribution in [3.8, 4) is 0 Å². The van der Waals surface area contributed by atoms with Crippen LogP contribution >= 0.6 is 11.3 Å². The summed E-state index contributed by atoms with van der Waals surface area (Å²) in [6.45, 7) is 4.22. The van der Waals surface area contributed by atoms with E-state index in [2.05, 4.69) is 25.2 Å². The first-order valence-corrected chi connectivity index (χ1v) is 9.01. The highest BCUT2D eigenvalue weighted by molar-refractivity contribution is 7.13. The largest absolute Gasteiger partial charge is 0.452 e. The van der Waals surface area contributed by atoms with Crippen LogP contribution < -0.4 is 5.32 Å². The van der Waals surface area contributed by atoms with Crippen molar-refractivity contribution >= 4 is 28.1 Å². The molecule has 0 saturated carbocycles. The summed E-state index contributed by atoms with van der Waals surface area (Å²) in [6.07, 6.45) is 4.19. The van der Waals surface area contributed by atoms with Crippen LogP contribution in [0, 0.1) is 6.92 Å². The predicted molar refractivity (Wildman–Crippen MR) is 93.1 cm³/mol. The van der Waals surface area contributed by atoms with E-state index < -0.39 is 5.60 Å². The number of para-hydroxylation sites is 1. The maximum Gasteiger partial charge on any atom is 0.306 e. The molecule has 1 fully saturated rings. The van der Waals surface area contributed by atoms with Crippen LogP contribution in [0.25, 0.3) is 0 Å². The van der Waals surface area contributed by atoms with Crippen LogP contribution in [-0.4, -0.2) is 11.0 Å². The second-order valence-electron chi connectivity index (χ2n) is 6.05. The molecule has 0 bridgehead atoms. The Bertz CT molecular complexity index is 698. The molecule has 23 heavy (non-hydrogen) atoms. The fourth-order valence-electron chi connectivity index (χ4n) is 2.94. The van der Waals surface area contributed by atoms with Gasteiger partial charge in [-0.3, -0.25) is 4.79 Å². The van der Waals surface area contributed by atoms with Crippen molar-refractivity contribution in [1.82, 2.24) is 4.98 Å². The summed E-state index contributed by atoms with van der Waals surface area (Å²) in [5.74, 6) is -0.109. The topological polar surface area (TPSA) is 51.2 Å². The smallest absolute Gasteiger partial charge is 0.306 e. The summed E-state index contributed by atoms with van der Waals surface area (Å²) in [5.41, 5.74) is 2.60. The van der Waals surface area contributed by atoms with E-state index in [9.17, 15) is 4.79 Å². The second kappa shape index (κ2) is 6.71. The first kappa shape index (κ1) is 16.0. The number of rotatable bonds is 6. The summed E-state index contributed by atoms with van der Waals surface area (Å²) >= 11 is 1.56. The maximum atomic E-state index is 11.7. The summed E-state index contributed by atoms with van der Waals surface area (Å²) in [7, 11) is 0. The van der Waals surface area contributed by atoms with Gasteiger partial charge in [-0.05, 0) is 31.4 Å². The van der Waals surface area contributed by atoms with Gasteiger partial charge in [0.25, 0.3) is 0 Å². The summed E-state index contributed by atoms with van der Waals surface area (Å²) in [4.78, 5) is 16.4. The van der Waals surface area contributed by atoms with E-state index in [1.165, 1.54) is 5.56 Å². The van der Waals surface area contributed by atoms with Gasteiger partial charge in [0.05, 0.1) is 5.69 Å². The van der Waals surface area contributed by atoms with Gasteiger partial charge >= 0.3 is 5.97 Å². The van der Waals surface area contributed by atoms with E-state index in [1.54, 1.807) is 11.3 Å². The molecule has 1 aromatic carbocycles. The Hall–Kier alpha value is -1.88. The first-order valence-electron chi connectivity index (χ1n) is 8.13. The molecule has 0 spiro atoms. The molecule has 4 nitrogen and oxygen atoms in total. The molecule has 2 heterocycles. The van der Waals surface area contributed by atoms with E-state index >= 15 is 0 Å². The van der Waals surface area contributed by atoms with E-state index in [-0.39, 0.29) is 5.97 Å². The predicted octanol–water partition coefficient (Wildman–Crippen LogP) is 4.92. The van der Waals surface area contributed by atoms with Crippen molar-refractivity contribution in [3.63, 3.8) is 0 Å². The Balaban J connectivity index is 1.82. The third-order valence-electron chi connectivity index (χ3n) is 4.33. The molecule has 1 saturated heterocycles. The lowest BCUT2D eigenvalue weighted by molar-refractivity contribution is -0.150. The molecule has 0 aliphatic carbocycles. The SMILES string of the molecule is CCCC[C@@]1(c2csc(Nc3ccccc3C)n2)CCC(=O)O1. The van der Waals surface area contributed by atoms with Gasteiger partial charge in [0.15, 0.2) is 10.7 Å². The molecular weight excluding hydrogens is 308 g/mol. The van der Waals surface area contributed by atoms with Gasteiger partial charge in [-0.1, -0.05) is 31.5 Å². The zero-order valence-electron chi connectivity index (χ0n) is 13.6. The molecule has 0 amide bonds. The van der Waals surface area contributed by atoms with Crippen molar-refractivity contribution in [3.05, 3.63) is 40.9 Å². The van der Waals surface area contributed by atoms with Gasteiger partial charge in [0.2, 0.25) is 0 Å². The van der Waals surface area contributed by atoms with Crippen LogP contribution in [-0.2, 0) is 15.1 Å². The minimum atomic E-state index is -0.519. The molecule has 2 aromatic rings. The number of hydrogen-bond acceptors (Lipinski definition) is 5. The number of aryl methyl sites for hydroxylation is 1. The number of ether oxygens (including phenoxy) is 1. The Morgan fingerprint density at radius 3 is 2.91 bits per heavy atom. The molecule has 1 aliphatic heterocycles. The van der Waals surface area contributed by atoms with Crippen molar-refractivity contribution in [2.45, 2.75) is 51.6 Å². The molecule has 1 N–H and O–H groups in total. The van der Waals surface area contributed by atoms with Crippen LogP contribution in [0.1, 0.15) is 50.3 Å². The molecule has 1 aromatic heterocycles. The van der Waals surface area contributed by atoms with Gasteiger partial charge in [0, 0.05) is 23.9 Å². The highest BCUT2D eigenvalue weighted by atomic mass is 32.1. The van der Waals surface area contributed by atoms with Gasteiger partial charge in [-0.25, -0.2) is 4.98 Å². The lowest BCUT2D eigenvalue weighted by Gasteiger charge is -2.25. The van der Waals surface area contributed by atoms with E-state index in [4.69, 9.17) is 9.72 Å². The van der Waals surface area contributed by atoms with Crippen molar-refractivity contribution in [1.29, 1.82) is 0 Å². The fourth-order valence-corrected chi connectivity index (χ4v) is 3.75. The van der Waals surface area contributed by atoms with Crippen molar-refractivity contribution in [2.24, 2.45) is 0 Å². The van der Waals surface area contributed by atoms with Crippen molar-refractivity contribution < 1.29 is 9.53 Å². The average molecular weight is 330 g/mol. The monoisotopic (exact) mass is 330 g/mol. The number of esters is 1. The molecule has 0 radical (unpaired) electrons. The summed E-state index contributed by atoms with van der Waals surface area (Å²) in [5, 5.41) is 6.23. The lowest BCUT2D eigenvalue weighted by Crippen LogP contribution is -2.26. The number of unbranched alkanes of at least 4 members (excludes halogenated alkanes) is 1. The molecule has 3 rings (SSSR count). The average Bonchev–Trinajstić information content (AvgIpc) is 3.15. The standard InChI is InChI=1S/C18H22N2O2S/c1-3-4-10-18(11-9-16(21)22-18)15-12-23-17(20-15)19-14-8-6-5-7-13(14)2/h5-8,12H,3-4,9-11H2,1-2H3,(H,19,20)/t18-/m0/s1. The normalized spacial score (nSPS) is 20.5. The van der Waals surface area contributed by atoms with Crippen LogP contribution in [0.2, 0.25) is 0 Å². The van der Waals surface area contributed by atoms with Crippen LogP contribution in [0.4, 0.5) is 10.8 Å². The minimum Gasteiger partial charge on any atom is -0.452 e. The quantitative estimate of drug-likeness (QED) is 0.764. The second-order valence-corrected chi connectivity index (χ2v) is 6.91. The number of anilines is 2. The number of carbonyl (C=O) groups is 1. The van der Waals surface area contributed by atoms with Crippen LogP contribution in [0.5, 0.6) is 0 Å². The van der Waals surface area contributed by atoms with Gasteiger partial charge < -0.3 is 10.1 Å². The van der Waals surface area contributed by atoms with E-state index in [1.807, 2.05) is 23.6 Å². The number of hydrogen-bond donors (Lipinski definition) is 1. The van der Waals surface area contributed by atoms with Gasteiger partial charge in [-0.2, -0.15) is 0 Å². The Kier molecular flexibility index (Phi) is 4.66. The first-order chi connectivity index (χ1) is 11.1. The number of carbonyl (C=O) groups excluding carboxylic acids is 1. The third-order valence-corrected chi connectivity index (χ3v) is 5.09. The van der Waals surface area contributed by atoms with E-state index in [0.29, 0.717) is 6.42 Å². The molecule has 1 aliphatic rings. The van der Waals surface area contributed by atoms with Gasteiger partial charge in [-0.15, -0.1) is 11.3 Å². The maximum absolute atomic E-state index is 11.7. The Morgan fingerprint density at radius 2 is 2.22 bits per heavy atom. The molecular formula is C18H22N2O2S. The van der Waals surface area contributed by atoms with Crippen LogP contribution in [0.15, 0.2) is 29.6 Å². The summed E-state index contributed by atoms with van der Waals surface area (Å²) < 4.78 is 5.70. The number of cyclic esters (lactones) is 1. The van der Waals surface area contributed by atoms with Crippen LogP contribution in [0.3, 0.4) is 0 Å². The molecule has 0 unspecified atom stereocenters. The zero-order chi connectivity index (χ0) is 16.3. The number of nitrogens with one attached hydrogen (secondary N) is 1. The number of benzene rings is 1. The molecule has 5 heteroatoms. The number of thiazole rings is 1. The highest BCUT2D eigenvalue weighted by Crippen LogP contribution is 2.42. The lowest BCUT2D eigenvalue weighted by atomic mass is 9.91. The van der Waals surface area contributed by atoms with E-state index in [0.717, 1.165) is 42.2 Å². The summed E-state index contributed by atoms with van der Waals surface area (Å²) in [6, 6.07) is 8.13. The molecule has 122 valence electrons. The zero-order valence-corrected chi connectivity index (χ0v) is 14.4.